The van der Waals surface area contributed by atoms with Crippen molar-refractivity contribution >= 4 is 46.6 Å². The quantitative estimate of drug-likeness (QED) is 0.319. The minimum atomic E-state index is -0.721. The van der Waals surface area contributed by atoms with Gasteiger partial charge in [0.1, 0.15) is 5.82 Å². The van der Waals surface area contributed by atoms with Crippen LogP contribution in [0.1, 0.15) is 30.6 Å². The second-order valence-corrected chi connectivity index (χ2v) is 8.29. The maximum absolute atomic E-state index is 13.9. The third kappa shape index (κ3) is 7.00. The number of halogens is 2. The topological polar surface area (TPSA) is 101 Å². The van der Waals surface area contributed by atoms with E-state index < -0.39 is 16.6 Å². The third-order valence-electron chi connectivity index (χ3n) is 4.00. The van der Waals surface area contributed by atoms with E-state index >= 15 is 0 Å². The van der Waals surface area contributed by atoms with Crippen LogP contribution >= 0.6 is 23.4 Å². The number of nitrogens with one attached hydrogen (secondary N) is 2. The molecule has 2 aromatic rings. The number of hydrogen-bond acceptors (Lipinski definition) is 5. The Balaban J connectivity index is 2.07. The first-order valence-electron chi connectivity index (χ1n) is 9.11. The molecule has 0 unspecified atom stereocenters. The fraction of sp³-hybridized carbons (Fsp3) is 0.300. The van der Waals surface area contributed by atoms with Gasteiger partial charge in [0, 0.05) is 23.2 Å². The van der Waals surface area contributed by atoms with Crippen molar-refractivity contribution in [3.63, 3.8) is 0 Å². The molecule has 30 heavy (non-hydrogen) atoms. The molecule has 2 amide bonds. The Labute approximate surface area is 182 Å². The number of nitro benzene ring substituents is 1. The van der Waals surface area contributed by atoms with Crippen molar-refractivity contribution in [3.8, 4) is 0 Å². The summed E-state index contributed by atoms with van der Waals surface area (Å²) >= 11 is 6.69. The number of benzene rings is 2. The normalized spacial score (nSPS) is 10.7. The molecule has 0 radical (unpaired) electrons. The summed E-state index contributed by atoms with van der Waals surface area (Å²) in [6.07, 6.45) is 0.842. The molecule has 0 aliphatic carbocycles. The lowest BCUT2D eigenvalue weighted by Gasteiger charge is -2.09. The number of nitro groups is 1. The molecule has 160 valence electrons. The first-order valence-corrected chi connectivity index (χ1v) is 10.5. The van der Waals surface area contributed by atoms with Crippen molar-refractivity contribution in [2.45, 2.75) is 25.2 Å². The first kappa shape index (κ1) is 23.6. The van der Waals surface area contributed by atoms with Crippen LogP contribution in [0.25, 0.3) is 0 Å². The highest BCUT2D eigenvalue weighted by molar-refractivity contribution is 8.00. The van der Waals surface area contributed by atoms with Gasteiger partial charge in [-0.05, 0) is 42.7 Å². The van der Waals surface area contributed by atoms with Gasteiger partial charge in [0.15, 0.2) is 0 Å². The lowest BCUT2D eigenvalue weighted by molar-refractivity contribution is -0.387. The first-order chi connectivity index (χ1) is 14.2. The fourth-order valence-corrected chi connectivity index (χ4v) is 3.40. The predicted molar refractivity (Wildman–Crippen MR) is 116 cm³/mol. The number of hydrogen-bond donors (Lipinski definition) is 2. The highest BCUT2D eigenvalue weighted by atomic mass is 35.5. The highest BCUT2D eigenvalue weighted by Gasteiger charge is 2.19. The van der Waals surface area contributed by atoms with E-state index in [1.54, 1.807) is 0 Å². The van der Waals surface area contributed by atoms with Crippen molar-refractivity contribution in [1.82, 2.24) is 5.32 Å². The Hall–Kier alpha value is -2.65. The van der Waals surface area contributed by atoms with Crippen LogP contribution in [0.4, 0.5) is 15.8 Å². The summed E-state index contributed by atoms with van der Waals surface area (Å²) in [6.45, 7) is 4.63. The van der Waals surface area contributed by atoms with Crippen LogP contribution in [0.2, 0.25) is 5.02 Å². The Kier molecular flexibility index (Phi) is 8.61. The summed E-state index contributed by atoms with van der Waals surface area (Å²) in [5.41, 5.74) is -0.412. The number of carbonyl (C=O) groups is 2. The minimum absolute atomic E-state index is 0.0122. The van der Waals surface area contributed by atoms with Gasteiger partial charge in [0.2, 0.25) is 5.91 Å². The molecule has 2 N–H and O–H groups in total. The summed E-state index contributed by atoms with van der Waals surface area (Å²) in [6, 6.07) is 7.64. The van der Waals surface area contributed by atoms with Gasteiger partial charge in [0.25, 0.3) is 11.6 Å². The number of thioether (sulfide) groups is 1. The van der Waals surface area contributed by atoms with Crippen molar-refractivity contribution in [2.24, 2.45) is 5.92 Å². The summed E-state index contributed by atoms with van der Waals surface area (Å²) in [4.78, 5) is 35.3. The Morgan fingerprint density at radius 3 is 2.60 bits per heavy atom. The zero-order valence-electron chi connectivity index (χ0n) is 16.4. The van der Waals surface area contributed by atoms with E-state index in [-0.39, 0.29) is 38.5 Å². The predicted octanol–water partition coefficient (Wildman–Crippen LogP) is 4.89. The summed E-state index contributed by atoms with van der Waals surface area (Å²) in [5, 5.41) is 16.7. The summed E-state index contributed by atoms with van der Waals surface area (Å²) < 4.78 is 13.9. The van der Waals surface area contributed by atoms with Crippen molar-refractivity contribution < 1.29 is 18.9 Å². The third-order valence-corrected chi connectivity index (χ3v) is 5.30. The molecule has 10 heteroatoms. The molecular formula is C20H21ClFN3O4S. The number of nitrogens with zero attached hydrogens (tertiary/aromatic N) is 1. The molecule has 0 fully saturated rings. The van der Waals surface area contributed by atoms with Gasteiger partial charge in [-0.15, -0.1) is 11.8 Å². The molecule has 0 bridgehead atoms. The zero-order chi connectivity index (χ0) is 22.3. The van der Waals surface area contributed by atoms with E-state index in [0.29, 0.717) is 12.5 Å². The number of anilines is 1. The van der Waals surface area contributed by atoms with Crippen LogP contribution in [0.15, 0.2) is 41.3 Å². The van der Waals surface area contributed by atoms with Crippen LogP contribution in [0.5, 0.6) is 0 Å². The van der Waals surface area contributed by atoms with Crippen molar-refractivity contribution in [1.29, 1.82) is 0 Å². The smallest absolute Gasteiger partial charge is 0.283 e. The highest BCUT2D eigenvalue weighted by Crippen LogP contribution is 2.30. The van der Waals surface area contributed by atoms with E-state index in [0.717, 1.165) is 30.3 Å². The van der Waals surface area contributed by atoms with Gasteiger partial charge in [-0.3, -0.25) is 19.7 Å². The lowest BCUT2D eigenvalue weighted by Crippen LogP contribution is -2.26. The minimum Gasteiger partial charge on any atom is -0.355 e. The molecule has 0 aromatic heterocycles. The Morgan fingerprint density at radius 2 is 1.97 bits per heavy atom. The molecule has 0 heterocycles. The molecule has 0 saturated carbocycles. The van der Waals surface area contributed by atoms with Crippen LogP contribution in [0, 0.1) is 21.8 Å². The fourth-order valence-electron chi connectivity index (χ4n) is 2.40. The molecule has 0 aliphatic heterocycles. The average molecular weight is 454 g/mol. The lowest BCUT2D eigenvalue weighted by atomic mass is 10.1. The molecule has 0 saturated heterocycles. The van der Waals surface area contributed by atoms with Gasteiger partial charge >= 0.3 is 0 Å². The van der Waals surface area contributed by atoms with E-state index in [1.165, 1.54) is 24.3 Å². The van der Waals surface area contributed by atoms with Crippen LogP contribution in [-0.2, 0) is 4.79 Å². The van der Waals surface area contributed by atoms with Gasteiger partial charge < -0.3 is 10.6 Å². The Bertz CT molecular complexity index is 956. The standard InChI is InChI=1S/C20H21ClFN3O4S/c1-12(2)7-8-23-19(26)11-30-18-6-3-13(9-17(18)25(28)29)20(27)24-16-5-4-14(21)10-15(16)22/h3-6,9-10,12H,7-8,11H2,1-2H3,(H,23,26)(H,24,27). The average Bonchev–Trinajstić information content (AvgIpc) is 2.68. The largest absolute Gasteiger partial charge is 0.355 e. The molecule has 2 aromatic carbocycles. The maximum atomic E-state index is 13.9. The maximum Gasteiger partial charge on any atom is 0.283 e. The van der Waals surface area contributed by atoms with Gasteiger partial charge in [0.05, 0.1) is 21.3 Å². The Morgan fingerprint density at radius 1 is 1.23 bits per heavy atom. The summed E-state index contributed by atoms with van der Waals surface area (Å²) in [5.74, 6) is -1.18. The van der Waals surface area contributed by atoms with Gasteiger partial charge in [-0.2, -0.15) is 0 Å². The van der Waals surface area contributed by atoms with Gasteiger partial charge in [-0.25, -0.2) is 4.39 Å². The van der Waals surface area contributed by atoms with E-state index in [2.05, 4.69) is 10.6 Å². The second-order valence-electron chi connectivity index (χ2n) is 6.84. The second kappa shape index (κ2) is 10.9. The van der Waals surface area contributed by atoms with Gasteiger partial charge in [-0.1, -0.05) is 25.4 Å². The van der Waals surface area contributed by atoms with E-state index in [4.69, 9.17) is 11.6 Å². The molecule has 0 spiro atoms. The van der Waals surface area contributed by atoms with Crippen LogP contribution in [0.3, 0.4) is 0 Å². The molecule has 2 rings (SSSR count). The van der Waals surface area contributed by atoms with Crippen molar-refractivity contribution in [3.05, 3.63) is 62.9 Å². The zero-order valence-corrected chi connectivity index (χ0v) is 18.0. The van der Waals surface area contributed by atoms with Crippen LogP contribution < -0.4 is 10.6 Å². The number of carbonyl (C=O) groups excluding carboxylic acids is 2. The number of amides is 2. The molecular weight excluding hydrogens is 433 g/mol. The molecule has 0 aliphatic rings. The van der Waals surface area contributed by atoms with Crippen molar-refractivity contribution in [2.75, 3.05) is 17.6 Å². The SMILES string of the molecule is CC(C)CCNC(=O)CSc1ccc(C(=O)Nc2ccc(Cl)cc2F)cc1[N+](=O)[O-]. The molecule has 7 nitrogen and oxygen atoms in total. The monoisotopic (exact) mass is 453 g/mol. The number of rotatable bonds is 9. The van der Waals surface area contributed by atoms with E-state index in [1.807, 2.05) is 13.8 Å². The van der Waals surface area contributed by atoms with E-state index in [9.17, 15) is 24.1 Å². The summed E-state index contributed by atoms with van der Waals surface area (Å²) in [7, 11) is 0. The molecule has 0 atom stereocenters. The van der Waals surface area contributed by atoms with Crippen LogP contribution in [-0.4, -0.2) is 29.0 Å².